The maximum absolute atomic E-state index is 11.4. The minimum absolute atomic E-state index is 0.238. The monoisotopic (exact) mass is 233 g/mol. The van der Waals surface area contributed by atoms with E-state index in [4.69, 9.17) is 0 Å². The third-order valence-electron chi connectivity index (χ3n) is 3.82. The Morgan fingerprint density at radius 3 is 2.88 bits per heavy atom. The summed E-state index contributed by atoms with van der Waals surface area (Å²) in [6.45, 7) is 5.19. The van der Waals surface area contributed by atoms with Crippen molar-refractivity contribution in [2.45, 2.75) is 39.5 Å². The van der Waals surface area contributed by atoms with Crippen LogP contribution < -0.4 is 5.32 Å². The van der Waals surface area contributed by atoms with Gasteiger partial charge in [0.05, 0.1) is 0 Å². The fourth-order valence-corrected chi connectivity index (χ4v) is 2.48. The van der Waals surface area contributed by atoms with Crippen LogP contribution >= 0.6 is 0 Å². The van der Waals surface area contributed by atoms with Gasteiger partial charge in [-0.05, 0) is 44.4 Å². The first-order valence-electron chi connectivity index (χ1n) is 6.78. The molecule has 2 nitrogen and oxygen atoms in total. The van der Waals surface area contributed by atoms with Crippen molar-refractivity contribution in [3.05, 3.63) is 23.8 Å². The van der Waals surface area contributed by atoms with E-state index in [0.717, 1.165) is 12.8 Å². The smallest absolute Gasteiger partial charge is 0.223 e. The minimum atomic E-state index is 0.238. The maximum Gasteiger partial charge on any atom is 0.223 e. The predicted octanol–water partition coefficient (Wildman–Crippen LogP) is 3.06. The molecule has 0 saturated heterocycles. The standard InChI is InChI=1S/C15H23NO/c1-11-5-6-13(12(2)10-11)4-3-9-16-15(17)14-7-8-14/h3-4,10,12-14H,5-9H2,1-2H3,(H,16,17). The van der Waals surface area contributed by atoms with Gasteiger partial charge in [-0.3, -0.25) is 4.79 Å². The van der Waals surface area contributed by atoms with Gasteiger partial charge >= 0.3 is 0 Å². The highest BCUT2D eigenvalue weighted by Gasteiger charge is 2.28. The number of rotatable bonds is 4. The molecule has 0 spiro atoms. The van der Waals surface area contributed by atoms with Crippen LogP contribution in [0.15, 0.2) is 23.8 Å². The van der Waals surface area contributed by atoms with E-state index >= 15 is 0 Å². The van der Waals surface area contributed by atoms with E-state index in [0.29, 0.717) is 24.3 Å². The number of amides is 1. The summed E-state index contributed by atoms with van der Waals surface area (Å²) in [5.74, 6) is 1.85. The molecule has 0 bridgehead atoms. The Balaban J connectivity index is 1.71. The lowest BCUT2D eigenvalue weighted by molar-refractivity contribution is -0.122. The normalized spacial score (nSPS) is 29.2. The Kier molecular flexibility index (Phi) is 4.03. The lowest BCUT2D eigenvalue weighted by Crippen LogP contribution is -2.25. The van der Waals surface area contributed by atoms with Crippen molar-refractivity contribution in [2.24, 2.45) is 17.8 Å². The van der Waals surface area contributed by atoms with E-state index in [1.807, 2.05) is 0 Å². The molecule has 2 heteroatoms. The molecule has 1 N–H and O–H groups in total. The van der Waals surface area contributed by atoms with E-state index < -0.39 is 0 Å². The summed E-state index contributed by atoms with van der Waals surface area (Å²) in [4.78, 5) is 11.4. The number of carbonyl (C=O) groups excluding carboxylic acids is 1. The van der Waals surface area contributed by atoms with Crippen molar-refractivity contribution in [3.8, 4) is 0 Å². The van der Waals surface area contributed by atoms with Gasteiger partial charge in [-0.1, -0.05) is 30.7 Å². The van der Waals surface area contributed by atoms with Gasteiger partial charge in [-0.25, -0.2) is 0 Å². The summed E-state index contributed by atoms with van der Waals surface area (Å²) in [7, 11) is 0. The molecule has 0 aromatic heterocycles. The summed E-state index contributed by atoms with van der Waals surface area (Å²) in [5.41, 5.74) is 1.52. The summed E-state index contributed by atoms with van der Waals surface area (Å²) < 4.78 is 0. The molecule has 0 heterocycles. The van der Waals surface area contributed by atoms with Gasteiger partial charge in [-0.15, -0.1) is 0 Å². The van der Waals surface area contributed by atoms with Crippen LogP contribution in [-0.4, -0.2) is 12.5 Å². The van der Waals surface area contributed by atoms with Crippen LogP contribution in [0, 0.1) is 17.8 Å². The van der Waals surface area contributed by atoms with Gasteiger partial charge in [0.1, 0.15) is 0 Å². The summed E-state index contributed by atoms with van der Waals surface area (Å²) in [5, 5.41) is 2.97. The summed E-state index contributed by atoms with van der Waals surface area (Å²) >= 11 is 0. The zero-order valence-electron chi connectivity index (χ0n) is 10.9. The third kappa shape index (κ3) is 3.72. The zero-order valence-corrected chi connectivity index (χ0v) is 10.9. The number of carbonyl (C=O) groups is 1. The molecule has 2 aliphatic carbocycles. The first-order valence-corrected chi connectivity index (χ1v) is 6.78. The average molecular weight is 233 g/mol. The predicted molar refractivity (Wildman–Crippen MR) is 70.5 cm³/mol. The van der Waals surface area contributed by atoms with Crippen LogP contribution in [0.3, 0.4) is 0 Å². The van der Waals surface area contributed by atoms with E-state index in [-0.39, 0.29) is 5.91 Å². The van der Waals surface area contributed by atoms with Gasteiger partial charge in [0, 0.05) is 12.5 Å². The third-order valence-corrected chi connectivity index (χ3v) is 3.82. The Morgan fingerprint density at radius 2 is 2.24 bits per heavy atom. The van der Waals surface area contributed by atoms with Crippen molar-refractivity contribution < 1.29 is 4.79 Å². The lowest BCUT2D eigenvalue weighted by atomic mass is 9.82. The molecule has 2 atom stereocenters. The van der Waals surface area contributed by atoms with E-state index in [2.05, 4.69) is 37.4 Å². The molecule has 17 heavy (non-hydrogen) atoms. The molecule has 0 aliphatic heterocycles. The van der Waals surface area contributed by atoms with Crippen LogP contribution in [0.5, 0.6) is 0 Å². The topological polar surface area (TPSA) is 29.1 Å². The number of allylic oxidation sites excluding steroid dienone is 3. The van der Waals surface area contributed by atoms with Crippen molar-refractivity contribution in [1.82, 2.24) is 5.32 Å². The van der Waals surface area contributed by atoms with Gasteiger partial charge in [0.2, 0.25) is 5.91 Å². The highest BCUT2D eigenvalue weighted by molar-refractivity contribution is 5.80. The number of hydrogen-bond donors (Lipinski definition) is 1. The van der Waals surface area contributed by atoms with E-state index in [1.165, 1.54) is 18.4 Å². The van der Waals surface area contributed by atoms with Crippen molar-refractivity contribution in [1.29, 1.82) is 0 Å². The fourth-order valence-electron chi connectivity index (χ4n) is 2.48. The van der Waals surface area contributed by atoms with Crippen molar-refractivity contribution in [2.75, 3.05) is 6.54 Å². The van der Waals surface area contributed by atoms with Crippen LogP contribution in [-0.2, 0) is 4.79 Å². The molecule has 2 aliphatic rings. The molecule has 1 fully saturated rings. The largest absolute Gasteiger partial charge is 0.352 e. The molecule has 1 amide bonds. The molecule has 2 unspecified atom stereocenters. The first-order chi connectivity index (χ1) is 8.16. The average Bonchev–Trinajstić information content (AvgIpc) is 3.10. The second-order valence-corrected chi connectivity index (χ2v) is 5.52. The molecular weight excluding hydrogens is 210 g/mol. The number of nitrogens with one attached hydrogen (secondary N) is 1. The van der Waals surface area contributed by atoms with Crippen LogP contribution in [0.2, 0.25) is 0 Å². The molecule has 1 saturated carbocycles. The Bertz CT molecular complexity index is 339. The second kappa shape index (κ2) is 5.52. The zero-order chi connectivity index (χ0) is 12.3. The highest BCUT2D eigenvalue weighted by Crippen LogP contribution is 2.29. The van der Waals surface area contributed by atoms with Gasteiger partial charge in [0.15, 0.2) is 0 Å². The van der Waals surface area contributed by atoms with Crippen molar-refractivity contribution in [3.63, 3.8) is 0 Å². The Morgan fingerprint density at radius 1 is 1.47 bits per heavy atom. The van der Waals surface area contributed by atoms with Crippen molar-refractivity contribution >= 4 is 5.91 Å². The van der Waals surface area contributed by atoms with Crippen LogP contribution in [0.25, 0.3) is 0 Å². The maximum atomic E-state index is 11.4. The number of hydrogen-bond acceptors (Lipinski definition) is 1. The second-order valence-electron chi connectivity index (χ2n) is 5.52. The first kappa shape index (κ1) is 12.4. The molecule has 2 rings (SSSR count). The summed E-state index contributed by atoms with van der Waals surface area (Å²) in [6.07, 6.45) is 11.4. The van der Waals surface area contributed by atoms with E-state index in [1.54, 1.807) is 0 Å². The van der Waals surface area contributed by atoms with Gasteiger partial charge in [-0.2, -0.15) is 0 Å². The Hall–Kier alpha value is -1.05. The molecule has 0 aromatic rings. The molecule has 0 radical (unpaired) electrons. The molecule has 0 aromatic carbocycles. The van der Waals surface area contributed by atoms with Crippen LogP contribution in [0.1, 0.15) is 39.5 Å². The highest BCUT2D eigenvalue weighted by atomic mass is 16.2. The molecule has 94 valence electrons. The van der Waals surface area contributed by atoms with Gasteiger partial charge in [0.25, 0.3) is 0 Å². The minimum Gasteiger partial charge on any atom is -0.352 e. The van der Waals surface area contributed by atoms with Gasteiger partial charge < -0.3 is 5.32 Å². The SMILES string of the molecule is CC1=CC(C)C(C=CCNC(=O)C2CC2)CC1. The quantitative estimate of drug-likeness (QED) is 0.743. The fraction of sp³-hybridized carbons (Fsp3) is 0.667. The molecular formula is C15H23NO. The Labute approximate surface area is 104 Å². The van der Waals surface area contributed by atoms with E-state index in [9.17, 15) is 4.79 Å². The summed E-state index contributed by atoms with van der Waals surface area (Å²) in [6, 6.07) is 0. The van der Waals surface area contributed by atoms with Crippen LogP contribution in [0.4, 0.5) is 0 Å². The lowest BCUT2D eigenvalue weighted by Gasteiger charge is -2.24.